The monoisotopic (exact) mass is 212 g/mol. The van der Waals surface area contributed by atoms with Gasteiger partial charge in [-0.05, 0) is 37.0 Å². The van der Waals surface area contributed by atoms with Crippen molar-refractivity contribution in [2.24, 2.45) is 11.3 Å². The maximum atomic E-state index is 10.6. The van der Waals surface area contributed by atoms with E-state index in [2.05, 4.69) is 27.7 Å². The molecule has 0 aromatic carbocycles. The van der Waals surface area contributed by atoms with Gasteiger partial charge in [-0.2, -0.15) is 0 Å². The molecule has 1 saturated carbocycles. The summed E-state index contributed by atoms with van der Waals surface area (Å²) in [7, 11) is 0. The predicted molar refractivity (Wildman–Crippen MR) is 65.9 cm³/mol. The molecule has 0 spiro atoms. The first-order chi connectivity index (χ1) is 6.91. The molecule has 15 heavy (non-hydrogen) atoms. The van der Waals surface area contributed by atoms with E-state index in [1.54, 1.807) is 0 Å². The minimum absolute atomic E-state index is 0.346. The summed E-state index contributed by atoms with van der Waals surface area (Å²) in [6.45, 7) is 9.07. The zero-order valence-corrected chi connectivity index (χ0v) is 11.0. The molecular formula is C14H28O. The third-order valence-electron chi connectivity index (χ3n) is 4.13. The van der Waals surface area contributed by atoms with Gasteiger partial charge in [-0.15, -0.1) is 0 Å². The van der Waals surface area contributed by atoms with Crippen molar-refractivity contribution in [3.8, 4) is 0 Å². The third kappa shape index (κ3) is 3.79. The van der Waals surface area contributed by atoms with E-state index in [-0.39, 0.29) is 5.60 Å². The largest absolute Gasteiger partial charge is 0.390 e. The fraction of sp³-hybridized carbons (Fsp3) is 1.00. The van der Waals surface area contributed by atoms with E-state index < -0.39 is 0 Å². The first kappa shape index (κ1) is 13.0. The van der Waals surface area contributed by atoms with Crippen molar-refractivity contribution in [3.05, 3.63) is 0 Å². The number of rotatable bonds is 4. The molecule has 0 bridgehead atoms. The van der Waals surface area contributed by atoms with Gasteiger partial charge in [0.25, 0.3) is 0 Å². The molecule has 0 aromatic heterocycles. The Labute approximate surface area is 95.3 Å². The smallest absolute Gasteiger partial charge is 0.0655 e. The van der Waals surface area contributed by atoms with Gasteiger partial charge in [0.05, 0.1) is 5.60 Å². The van der Waals surface area contributed by atoms with E-state index in [1.807, 2.05) is 0 Å². The summed E-state index contributed by atoms with van der Waals surface area (Å²) in [5, 5.41) is 10.6. The van der Waals surface area contributed by atoms with Gasteiger partial charge in [-0.3, -0.25) is 0 Å². The molecule has 1 aliphatic rings. The Morgan fingerprint density at radius 2 is 1.73 bits per heavy atom. The third-order valence-corrected chi connectivity index (χ3v) is 4.13. The van der Waals surface area contributed by atoms with E-state index in [9.17, 15) is 5.11 Å². The van der Waals surface area contributed by atoms with Crippen molar-refractivity contribution in [3.63, 3.8) is 0 Å². The highest BCUT2D eigenvalue weighted by molar-refractivity contribution is 4.91. The lowest BCUT2D eigenvalue weighted by Crippen LogP contribution is -2.40. The van der Waals surface area contributed by atoms with Crippen LogP contribution in [0.3, 0.4) is 0 Å². The van der Waals surface area contributed by atoms with Gasteiger partial charge in [0, 0.05) is 0 Å². The molecule has 0 saturated heterocycles. The topological polar surface area (TPSA) is 20.2 Å². The average molecular weight is 212 g/mol. The van der Waals surface area contributed by atoms with Crippen LogP contribution in [-0.2, 0) is 0 Å². The molecule has 1 nitrogen and oxygen atoms in total. The number of aliphatic hydroxyl groups is 1. The molecule has 1 fully saturated rings. The molecule has 0 aromatic rings. The van der Waals surface area contributed by atoms with E-state index in [0.717, 1.165) is 19.3 Å². The van der Waals surface area contributed by atoms with Crippen molar-refractivity contribution >= 4 is 0 Å². The molecule has 1 heteroatoms. The van der Waals surface area contributed by atoms with Gasteiger partial charge in [0.15, 0.2) is 0 Å². The SMILES string of the molecule is CCC(CC)CC1(O)CCCC(C)(C)C1. The van der Waals surface area contributed by atoms with E-state index in [1.165, 1.54) is 25.7 Å². The zero-order valence-electron chi connectivity index (χ0n) is 11.0. The molecule has 1 atom stereocenters. The zero-order chi connectivity index (χ0) is 11.5. The average Bonchev–Trinajstić information content (AvgIpc) is 2.12. The van der Waals surface area contributed by atoms with Crippen LogP contribution in [0.2, 0.25) is 0 Å². The highest BCUT2D eigenvalue weighted by atomic mass is 16.3. The van der Waals surface area contributed by atoms with Crippen LogP contribution in [0.15, 0.2) is 0 Å². The minimum atomic E-state index is -0.363. The van der Waals surface area contributed by atoms with Crippen LogP contribution in [0, 0.1) is 11.3 Å². The Bertz CT molecular complexity index is 194. The van der Waals surface area contributed by atoms with Crippen molar-refractivity contribution in [2.75, 3.05) is 0 Å². The summed E-state index contributed by atoms with van der Waals surface area (Å²) >= 11 is 0. The van der Waals surface area contributed by atoms with Gasteiger partial charge in [-0.1, -0.05) is 47.0 Å². The molecule has 1 rings (SSSR count). The quantitative estimate of drug-likeness (QED) is 0.742. The summed E-state index contributed by atoms with van der Waals surface area (Å²) in [5.41, 5.74) is -0.0164. The fourth-order valence-corrected chi connectivity index (χ4v) is 3.25. The lowest BCUT2D eigenvalue weighted by atomic mass is 9.67. The Hall–Kier alpha value is -0.0400. The van der Waals surface area contributed by atoms with Crippen LogP contribution >= 0.6 is 0 Å². The molecular weight excluding hydrogens is 184 g/mol. The highest BCUT2D eigenvalue weighted by Gasteiger charge is 2.39. The van der Waals surface area contributed by atoms with Crippen molar-refractivity contribution in [1.29, 1.82) is 0 Å². The lowest BCUT2D eigenvalue weighted by Gasteiger charge is -2.43. The summed E-state index contributed by atoms with van der Waals surface area (Å²) in [5.74, 6) is 0.712. The first-order valence-corrected chi connectivity index (χ1v) is 6.63. The Balaban J connectivity index is 2.57. The second kappa shape index (κ2) is 4.86. The molecule has 0 heterocycles. The standard InChI is InChI=1S/C14H28O/c1-5-12(6-2)10-14(15)9-7-8-13(3,4)11-14/h12,15H,5-11H2,1-4H3. The minimum Gasteiger partial charge on any atom is -0.390 e. The Morgan fingerprint density at radius 3 is 2.20 bits per heavy atom. The van der Waals surface area contributed by atoms with E-state index in [4.69, 9.17) is 0 Å². The van der Waals surface area contributed by atoms with Gasteiger partial charge >= 0.3 is 0 Å². The van der Waals surface area contributed by atoms with Gasteiger partial charge < -0.3 is 5.11 Å². The van der Waals surface area contributed by atoms with Crippen molar-refractivity contribution in [2.45, 2.75) is 78.2 Å². The second-order valence-electron chi connectivity index (χ2n) is 6.31. The summed E-state index contributed by atoms with van der Waals surface area (Å²) in [4.78, 5) is 0. The molecule has 1 unspecified atom stereocenters. The lowest BCUT2D eigenvalue weighted by molar-refractivity contribution is -0.0564. The second-order valence-corrected chi connectivity index (χ2v) is 6.31. The van der Waals surface area contributed by atoms with Crippen LogP contribution in [0.1, 0.15) is 72.6 Å². The Morgan fingerprint density at radius 1 is 1.13 bits per heavy atom. The molecule has 1 N–H and O–H groups in total. The molecule has 0 radical (unpaired) electrons. The van der Waals surface area contributed by atoms with Crippen molar-refractivity contribution in [1.82, 2.24) is 0 Å². The van der Waals surface area contributed by atoms with Crippen LogP contribution < -0.4 is 0 Å². The van der Waals surface area contributed by atoms with E-state index in [0.29, 0.717) is 11.3 Å². The van der Waals surface area contributed by atoms with Crippen LogP contribution in [0.4, 0.5) is 0 Å². The molecule has 0 aliphatic heterocycles. The highest BCUT2D eigenvalue weighted by Crippen LogP contribution is 2.44. The normalized spacial score (nSPS) is 30.8. The number of hydrogen-bond donors (Lipinski definition) is 1. The molecule has 0 amide bonds. The van der Waals surface area contributed by atoms with Crippen LogP contribution in [-0.4, -0.2) is 10.7 Å². The summed E-state index contributed by atoms with van der Waals surface area (Å²) < 4.78 is 0. The summed E-state index contributed by atoms with van der Waals surface area (Å²) in [6.07, 6.45) is 7.92. The van der Waals surface area contributed by atoms with Crippen LogP contribution in [0.25, 0.3) is 0 Å². The maximum absolute atomic E-state index is 10.6. The maximum Gasteiger partial charge on any atom is 0.0655 e. The van der Waals surface area contributed by atoms with Gasteiger partial charge in [-0.25, -0.2) is 0 Å². The van der Waals surface area contributed by atoms with E-state index >= 15 is 0 Å². The summed E-state index contributed by atoms with van der Waals surface area (Å²) in [6, 6.07) is 0. The van der Waals surface area contributed by atoms with Gasteiger partial charge in [0.2, 0.25) is 0 Å². The van der Waals surface area contributed by atoms with Crippen LogP contribution in [0.5, 0.6) is 0 Å². The molecule has 1 aliphatic carbocycles. The fourth-order valence-electron chi connectivity index (χ4n) is 3.25. The first-order valence-electron chi connectivity index (χ1n) is 6.63. The Kier molecular flexibility index (Phi) is 4.22. The van der Waals surface area contributed by atoms with Crippen molar-refractivity contribution < 1.29 is 5.11 Å². The van der Waals surface area contributed by atoms with Gasteiger partial charge in [0.1, 0.15) is 0 Å². The molecule has 90 valence electrons. The predicted octanol–water partition coefficient (Wildman–Crippen LogP) is 4.14. The number of hydrogen-bond acceptors (Lipinski definition) is 1.